The summed E-state index contributed by atoms with van der Waals surface area (Å²) in [6.07, 6.45) is 0. The molecule has 2 aromatic rings. The summed E-state index contributed by atoms with van der Waals surface area (Å²) < 4.78 is 0. The minimum absolute atomic E-state index is 0.131. The molecule has 0 aliphatic rings. The zero-order chi connectivity index (χ0) is 14.7. The van der Waals surface area contributed by atoms with Gasteiger partial charge in [-0.2, -0.15) is 0 Å². The van der Waals surface area contributed by atoms with Gasteiger partial charge in [0.05, 0.1) is 0 Å². The largest absolute Gasteiger partial charge is 0.399 e. The molecule has 0 radical (unpaired) electrons. The molecule has 0 bridgehead atoms. The van der Waals surface area contributed by atoms with Crippen molar-refractivity contribution in [3.63, 3.8) is 0 Å². The minimum Gasteiger partial charge on any atom is -0.399 e. The van der Waals surface area contributed by atoms with E-state index < -0.39 is 0 Å². The monoisotopic (exact) mass is 268 g/mol. The van der Waals surface area contributed by atoms with Crippen LogP contribution in [0.4, 0.5) is 11.4 Å². The van der Waals surface area contributed by atoms with Gasteiger partial charge in [-0.05, 0) is 42.2 Å². The van der Waals surface area contributed by atoms with Crippen molar-refractivity contribution in [3.05, 3.63) is 59.2 Å². The fraction of sp³-hybridized carbons (Fsp3) is 0.235. The van der Waals surface area contributed by atoms with Gasteiger partial charge in [0.2, 0.25) is 0 Å². The molecule has 3 N–H and O–H groups in total. The number of anilines is 2. The van der Waals surface area contributed by atoms with Crippen LogP contribution in [0.15, 0.2) is 42.5 Å². The van der Waals surface area contributed by atoms with Gasteiger partial charge in [0.15, 0.2) is 0 Å². The Balaban J connectivity index is 2.33. The van der Waals surface area contributed by atoms with E-state index in [4.69, 9.17) is 5.73 Å². The Labute approximate surface area is 119 Å². The zero-order valence-corrected chi connectivity index (χ0v) is 12.1. The van der Waals surface area contributed by atoms with Crippen LogP contribution in [0.5, 0.6) is 0 Å². The smallest absolute Gasteiger partial charge is 0.255 e. The van der Waals surface area contributed by atoms with Crippen LogP contribution in [0.25, 0.3) is 0 Å². The molecule has 0 aliphatic carbocycles. The molecule has 2 aromatic carbocycles. The van der Waals surface area contributed by atoms with Crippen LogP contribution in [-0.2, 0) is 0 Å². The van der Waals surface area contributed by atoms with Crippen LogP contribution in [0.1, 0.15) is 41.3 Å². The number of carbonyl (C=O) groups is 1. The molecule has 0 saturated heterocycles. The zero-order valence-electron chi connectivity index (χ0n) is 12.1. The summed E-state index contributed by atoms with van der Waals surface area (Å²) in [7, 11) is 0. The predicted octanol–water partition coefficient (Wildman–Crippen LogP) is 3.95. The maximum absolute atomic E-state index is 12.3. The summed E-state index contributed by atoms with van der Waals surface area (Å²) >= 11 is 0. The number of nitrogens with two attached hydrogens (primary N) is 1. The van der Waals surface area contributed by atoms with E-state index in [0.29, 0.717) is 17.2 Å². The molecule has 2 rings (SSSR count). The summed E-state index contributed by atoms with van der Waals surface area (Å²) in [5.41, 5.74) is 9.98. The van der Waals surface area contributed by atoms with Crippen molar-refractivity contribution in [3.8, 4) is 0 Å². The fourth-order valence-corrected chi connectivity index (χ4v) is 2.21. The Bertz CT molecular complexity index is 633. The highest BCUT2D eigenvalue weighted by atomic mass is 16.1. The molecule has 104 valence electrons. The number of nitrogens with one attached hydrogen (secondary N) is 1. The van der Waals surface area contributed by atoms with Crippen LogP contribution < -0.4 is 11.1 Å². The van der Waals surface area contributed by atoms with E-state index in [-0.39, 0.29) is 5.91 Å². The number of hydrogen-bond donors (Lipinski definition) is 2. The van der Waals surface area contributed by atoms with E-state index in [1.807, 2.05) is 25.1 Å². The molecule has 1 amide bonds. The topological polar surface area (TPSA) is 55.1 Å². The van der Waals surface area contributed by atoms with Crippen molar-refractivity contribution < 1.29 is 4.79 Å². The fourth-order valence-electron chi connectivity index (χ4n) is 2.21. The third-order valence-corrected chi connectivity index (χ3v) is 3.31. The van der Waals surface area contributed by atoms with Gasteiger partial charge in [0.1, 0.15) is 0 Å². The van der Waals surface area contributed by atoms with Crippen molar-refractivity contribution in [1.29, 1.82) is 0 Å². The van der Waals surface area contributed by atoms with Crippen LogP contribution in [0, 0.1) is 6.92 Å². The summed E-state index contributed by atoms with van der Waals surface area (Å²) in [4.78, 5) is 12.3. The van der Waals surface area contributed by atoms with E-state index in [2.05, 4.69) is 19.2 Å². The van der Waals surface area contributed by atoms with Crippen molar-refractivity contribution in [1.82, 2.24) is 0 Å². The number of benzene rings is 2. The van der Waals surface area contributed by atoms with Crippen LogP contribution in [-0.4, -0.2) is 5.91 Å². The standard InChI is InChI=1S/C17H20N2O/c1-11(2)15-9-4-6-12(3)16(15)19-17(20)13-7-5-8-14(18)10-13/h4-11H,18H2,1-3H3,(H,19,20). The van der Waals surface area contributed by atoms with E-state index in [1.54, 1.807) is 24.3 Å². The van der Waals surface area contributed by atoms with E-state index in [9.17, 15) is 4.79 Å². The maximum Gasteiger partial charge on any atom is 0.255 e. The highest BCUT2D eigenvalue weighted by molar-refractivity contribution is 6.05. The molecule has 0 unspecified atom stereocenters. The molecular weight excluding hydrogens is 248 g/mol. The molecule has 0 fully saturated rings. The van der Waals surface area contributed by atoms with Gasteiger partial charge in [-0.15, -0.1) is 0 Å². The van der Waals surface area contributed by atoms with E-state index in [1.165, 1.54) is 0 Å². The first-order valence-electron chi connectivity index (χ1n) is 6.75. The molecule has 20 heavy (non-hydrogen) atoms. The van der Waals surface area contributed by atoms with Crippen molar-refractivity contribution in [2.75, 3.05) is 11.1 Å². The highest BCUT2D eigenvalue weighted by Crippen LogP contribution is 2.27. The molecule has 3 nitrogen and oxygen atoms in total. The van der Waals surface area contributed by atoms with Gasteiger partial charge in [-0.25, -0.2) is 0 Å². The summed E-state index contributed by atoms with van der Waals surface area (Å²) in [6, 6.07) is 13.1. The van der Waals surface area contributed by atoms with Gasteiger partial charge in [-0.3, -0.25) is 4.79 Å². The average Bonchev–Trinajstić information content (AvgIpc) is 2.40. The van der Waals surface area contributed by atoms with Crippen molar-refractivity contribution >= 4 is 17.3 Å². The molecule has 0 aliphatic heterocycles. The van der Waals surface area contributed by atoms with Gasteiger partial charge in [0, 0.05) is 16.9 Å². The maximum atomic E-state index is 12.3. The lowest BCUT2D eigenvalue weighted by molar-refractivity contribution is 0.102. The summed E-state index contributed by atoms with van der Waals surface area (Å²) in [5.74, 6) is 0.222. The van der Waals surface area contributed by atoms with Crippen LogP contribution in [0.2, 0.25) is 0 Å². The molecule has 0 aromatic heterocycles. The first-order valence-corrected chi connectivity index (χ1v) is 6.75. The molecule has 0 heterocycles. The molecule has 3 heteroatoms. The van der Waals surface area contributed by atoms with Crippen molar-refractivity contribution in [2.24, 2.45) is 0 Å². The number of rotatable bonds is 3. The number of nitrogen functional groups attached to an aromatic ring is 1. The Kier molecular flexibility index (Phi) is 4.08. The Morgan fingerprint density at radius 1 is 1.15 bits per heavy atom. The normalized spacial score (nSPS) is 10.6. The van der Waals surface area contributed by atoms with Gasteiger partial charge in [0.25, 0.3) is 5.91 Å². The Morgan fingerprint density at radius 3 is 2.50 bits per heavy atom. The summed E-state index contributed by atoms with van der Waals surface area (Å²) in [6.45, 7) is 6.23. The second-order valence-electron chi connectivity index (χ2n) is 5.27. The molecule has 0 saturated carbocycles. The second kappa shape index (κ2) is 5.78. The first kappa shape index (κ1) is 14.1. The Morgan fingerprint density at radius 2 is 1.85 bits per heavy atom. The summed E-state index contributed by atoms with van der Waals surface area (Å²) in [5, 5.41) is 3.01. The van der Waals surface area contributed by atoms with E-state index in [0.717, 1.165) is 16.8 Å². The number of hydrogen-bond acceptors (Lipinski definition) is 2. The SMILES string of the molecule is Cc1cccc(C(C)C)c1NC(=O)c1cccc(N)c1. The van der Waals surface area contributed by atoms with E-state index >= 15 is 0 Å². The predicted molar refractivity (Wildman–Crippen MR) is 84.1 cm³/mol. The molecule has 0 spiro atoms. The molecular formula is C17H20N2O. The number of carbonyl (C=O) groups excluding carboxylic acids is 1. The van der Waals surface area contributed by atoms with Crippen molar-refractivity contribution in [2.45, 2.75) is 26.7 Å². The lowest BCUT2D eigenvalue weighted by Gasteiger charge is -2.16. The van der Waals surface area contributed by atoms with Gasteiger partial charge in [-0.1, -0.05) is 38.1 Å². The quantitative estimate of drug-likeness (QED) is 0.828. The van der Waals surface area contributed by atoms with Crippen LogP contribution >= 0.6 is 0 Å². The lowest BCUT2D eigenvalue weighted by atomic mass is 9.98. The first-order chi connectivity index (χ1) is 9.49. The number of amides is 1. The minimum atomic E-state index is -0.131. The number of para-hydroxylation sites is 1. The highest BCUT2D eigenvalue weighted by Gasteiger charge is 2.13. The van der Waals surface area contributed by atoms with Gasteiger partial charge < -0.3 is 11.1 Å². The molecule has 0 atom stereocenters. The lowest BCUT2D eigenvalue weighted by Crippen LogP contribution is -2.15. The number of aryl methyl sites for hydroxylation is 1. The average molecular weight is 268 g/mol. The van der Waals surface area contributed by atoms with Crippen LogP contribution in [0.3, 0.4) is 0 Å². The third kappa shape index (κ3) is 2.99. The Hall–Kier alpha value is -2.29. The third-order valence-electron chi connectivity index (χ3n) is 3.31. The van der Waals surface area contributed by atoms with Gasteiger partial charge >= 0.3 is 0 Å². The second-order valence-corrected chi connectivity index (χ2v) is 5.27.